The minimum Gasteiger partial charge on any atom is -0.481 e. The normalized spacial score (nSPS) is 10.2. The first-order valence-electron chi connectivity index (χ1n) is 6.15. The van der Waals surface area contributed by atoms with Gasteiger partial charge in [-0.3, -0.25) is 4.79 Å². The zero-order chi connectivity index (χ0) is 13.8. The van der Waals surface area contributed by atoms with Crippen LogP contribution in [0.3, 0.4) is 0 Å². The van der Waals surface area contributed by atoms with Crippen molar-refractivity contribution in [3.8, 4) is 11.1 Å². The number of carboxylic acids is 1. The molecule has 2 aromatic rings. The van der Waals surface area contributed by atoms with Crippen molar-refractivity contribution in [2.75, 3.05) is 19.0 Å². The fourth-order valence-electron chi connectivity index (χ4n) is 2.13. The average molecular weight is 255 g/mol. The number of carbonyl (C=O) groups is 1. The van der Waals surface area contributed by atoms with Crippen LogP contribution in [0.5, 0.6) is 0 Å². The lowest BCUT2D eigenvalue weighted by Gasteiger charge is -2.17. The average Bonchev–Trinajstić information content (AvgIpc) is 2.38. The Morgan fingerprint density at radius 2 is 1.84 bits per heavy atom. The lowest BCUT2D eigenvalue weighted by molar-refractivity contribution is -0.136. The Morgan fingerprint density at radius 3 is 2.53 bits per heavy atom. The lowest BCUT2D eigenvalue weighted by atomic mass is 10.00. The number of para-hydroxylation sites is 1. The number of benzene rings is 2. The van der Waals surface area contributed by atoms with Crippen molar-refractivity contribution in [1.82, 2.24) is 0 Å². The summed E-state index contributed by atoms with van der Waals surface area (Å²) in [6, 6.07) is 15.8. The predicted molar refractivity (Wildman–Crippen MR) is 77.5 cm³/mol. The molecule has 2 aromatic carbocycles. The van der Waals surface area contributed by atoms with Crippen molar-refractivity contribution >= 4 is 11.7 Å². The van der Waals surface area contributed by atoms with Crippen molar-refractivity contribution in [3.63, 3.8) is 0 Å². The van der Waals surface area contributed by atoms with E-state index < -0.39 is 5.97 Å². The Labute approximate surface area is 113 Å². The summed E-state index contributed by atoms with van der Waals surface area (Å²) in [6.07, 6.45) is 0.0535. The second kappa shape index (κ2) is 5.57. The van der Waals surface area contributed by atoms with Gasteiger partial charge in [0, 0.05) is 25.3 Å². The molecule has 0 unspecified atom stereocenters. The largest absolute Gasteiger partial charge is 0.481 e. The molecule has 0 radical (unpaired) electrons. The summed E-state index contributed by atoms with van der Waals surface area (Å²) in [4.78, 5) is 12.8. The minimum atomic E-state index is -0.807. The molecule has 0 fully saturated rings. The van der Waals surface area contributed by atoms with Gasteiger partial charge in [-0.2, -0.15) is 0 Å². The molecule has 0 aromatic heterocycles. The van der Waals surface area contributed by atoms with Gasteiger partial charge >= 0.3 is 5.97 Å². The van der Waals surface area contributed by atoms with E-state index in [-0.39, 0.29) is 6.42 Å². The van der Waals surface area contributed by atoms with E-state index in [1.165, 1.54) is 0 Å². The number of nitrogens with zero attached hydrogens (tertiary/aromatic N) is 1. The van der Waals surface area contributed by atoms with E-state index in [1.54, 1.807) is 0 Å². The second-order valence-electron chi connectivity index (χ2n) is 4.68. The van der Waals surface area contributed by atoms with Crippen LogP contribution < -0.4 is 4.90 Å². The molecule has 1 N–H and O–H groups in total. The van der Waals surface area contributed by atoms with Crippen LogP contribution in [0.25, 0.3) is 11.1 Å². The van der Waals surface area contributed by atoms with Crippen LogP contribution in [-0.2, 0) is 11.2 Å². The van der Waals surface area contributed by atoms with Gasteiger partial charge in [-0.15, -0.1) is 0 Å². The highest BCUT2D eigenvalue weighted by molar-refractivity contribution is 5.79. The molecule has 0 aliphatic carbocycles. The van der Waals surface area contributed by atoms with E-state index in [0.717, 1.165) is 22.4 Å². The number of carboxylic acid groups (broad SMARTS) is 1. The Kier molecular flexibility index (Phi) is 3.85. The Balaban J connectivity index is 2.44. The van der Waals surface area contributed by atoms with E-state index >= 15 is 0 Å². The molecule has 3 heteroatoms. The first-order valence-corrected chi connectivity index (χ1v) is 6.15. The van der Waals surface area contributed by atoms with Gasteiger partial charge in [0.15, 0.2) is 0 Å². The van der Waals surface area contributed by atoms with Gasteiger partial charge < -0.3 is 10.0 Å². The number of hydrogen-bond acceptors (Lipinski definition) is 2. The number of anilines is 1. The SMILES string of the molecule is CN(C)c1ccccc1-c1cccc(CC(=O)O)c1. The molecule has 0 aliphatic heterocycles. The third kappa shape index (κ3) is 3.13. The molecule has 0 atom stereocenters. The molecular weight excluding hydrogens is 238 g/mol. The van der Waals surface area contributed by atoms with Gasteiger partial charge in [0.05, 0.1) is 6.42 Å². The molecule has 3 nitrogen and oxygen atoms in total. The molecule has 0 saturated carbocycles. The van der Waals surface area contributed by atoms with E-state index in [4.69, 9.17) is 5.11 Å². The zero-order valence-corrected chi connectivity index (χ0v) is 11.1. The monoisotopic (exact) mass is 255 g/mol. The van der Waals surface area contributed by atoms with E-state index in [1.807, 2.05) is 50.5 Å². The Morgan fingerprint density at radius 1 is 1.11 bits per heavy atom. The Hall–Kier alpha value is -2.29. The van der Waals surface area contributed by atoms with Gasteiger partial charge in [-0.05, 0) is 17.2 Å². The summed E-state index contributed by atoms with van der Waals surface area (Å²) in [5.41, 5.74) is 4.09. The van der Waals surface area contributed by atoms with Crippen LogP contribution in [0.4, 0.5) is 5.69 Å². The van der Waals surface area contributed by atoms with Gasteiger partial charge in [-0.25, -0.2) is 0 Å². The fraction of sp³-hybridized carbons (Fsp3) is 0.188. The topological polar surface area (TPSA) is 40.5 Å². The first kappa shape index (κ1) is 13.1. The summed E-state index contributed by atoms with van der Waals surface area (Å²) >= 11 is 0. The standard InChI is InChI=1S/C16H17NO2/c1-17(2)15-9-4-3-8-14(15)13-7-5-6-12(10-13)11-16(18)19/h3-10H,11H2,1-2H3,(H,18,19). The van der Waals surface area contributed by atoms with Crippen molar-refractivity contribution in [2.45, 2.75) is 6.42 Å². The summed E-state index contributed by atoms with van der Waals surface area (Å²) in [5, 5.41) is 8.86. The molecule has 0 amide bonds. The second-order valence-corrected chi connectivity index (χ2v) is 4.68. The van der Waals surface area contributed by atoms with Crippen LogP contribution in [0.2, 0.25) is 0 Å². The van der Waals surface area contributed by atoms with E-state index in [0.29, 0.717) is 0 Å². The maximum Gasteiger partial charge on any atom is 0.307 e. The first-order chi connectivity index (χ1) is 9.08. The van der Waals surface area contributed by atoms with Crippen LogP contribution in [-0.4, -0.2) is 25.2 Å². The van der Waals surface area contributed by atoms with Gasteiger partial charge in [0.1, 0.15) is 0 Å². The maximum absolute atomic E-state index is 10.8. The van der Waals surface area contributed by atoms with Gasteiger partial charge in [0.25, 0.3) is 0 Å². The highest BCUT2D eigenvalue weighted by Crippen LogP contribution is 2.30. The van der Waals surface area contributed by atoms with Crippen LogP contribution in [0, 0.1) is 0 Å². The number of hydrogen-bond donors (Lipinski definition) is 1. The van der Waals surface area contributed by atoms with Gasteiger partial charge in [-0.1, -0.05) is 42.5 Å². The molecule has 0 aliphatic rings. The molecule has 0 bridgehead atoms. The van der Waals surface area contributed by atoms with Gasteiger partial charge in [0.2, 0.25) is 0 Å². The number of rotatable bonds is 4. The summed E-state index contributed by atoms with van der Waals surface area (Å²) in [5.74, 6) is -0.807. The quantitative estimate of drug-likeness (QED) is 0.912. The van der Waals surface area contributed by atoms with Crippen LogP contribution in [0.1, 0.15) is 5.56 Å². The summed E-state index contributed by atoms with van der Waals surface area (Å²) in [7, 11) is 4.00. The smallest absolute Gasteiger partial charge is 0.307 e. The molecule has 0 spiro atoms. The van der Waals surface area contributed by atoms with Crippen molar-refractivity contribution < 1.29 is 9.90 Å². The molecule has 98 valence electrons. The molecule has 19 heavy (non-hydrogen) atoms. The molecule has 0 saturated heterocycles. The third-order valence-corrected chi connectivity index (χ3v) is 2.98. The van der Waals surface area contributed by atoms with Crippen LogP contribution >= 0.6 is 0 Å². The van der Waals surface area contributed by atoms with Crippen molar-refractivity contribution in [2.24, 2.45) is 0 Å². The van der Waals surface area contributed by atoms with E-state index in [2.05, 4.69) is 17.0 Å². The molecular formula is C16H17NO2. The predicted octanol–water partition coefficient (Wildman–Crippen LogP) is 3.05. The van der Waals surface area contributed by atoms with Crippen molar-refractivity contribution in [3.05, 3.63) is 54.1 Å². The fourth-order valence-corrected chi connectivity index (χ4v) is 2.13. The van der Waals surface area contributed by atoms with Crippen LogP contribution in [0.15, 0.2) is 48.5 Å². The number of aliphatic carboxylic acids is 1. The lowest BCUT2D eigenvalue weighted by Crippen LogP contribution is -2.09. The molecule has 0 heterocycles. The molecule has 2 rings (SSSR count). The third-order valence-electron chi connectivity index (χ3n) is 2.98. The van der Waals surface area contributed by atoms with E-state index in [9.17, 15) is 4.79 Å². The van der Waals surface area contributed by atoms with Crippen molar-refractivity contribution in [1.29, 1.82) is 0 Å². The highest BCUT2D eigenvalue weighted by atomic mass is 16.4. The Bertz CT molecular complexity index is 591. The zero-order valence-electron chi connectivity index (χ0n) is 11.1. The summed E-state index contributed by atoms with van der Waals surface area (Å²) < 4.78 is 0. The maximum atomic E-state index is 10.8. The highest BCUT2D eigenvalue weighted by Gasteiger charge is 2.07. The summed E-state index contributed by atoms with van der Waals surface area (Å²) in [6.45, 7) is 0. The minimum absolute atomic E-state index is 0.0535.